The van der Waals surface area contributed by atoms with Crippen LogP contribution in [0.5, 0.6) is 0 Å². The molecule has 14 heavy (non-hydrogen) atoms. The van der Waals surface area contributed by atoms with Gasteiger partial charge in [0.25, 0.3) is 0 Å². The average Bonchev–Trinajstić information content (AvgIpc) is 2.54. The highest BCUT2D eigenvalue weighted by Crippen LogP contribution is 2.28. The van der Waals surface area contributed by atoms with Gasteiger partial charge in [0.15, 0.2) is 0 Å². The zero-order valence-corrected chi connectivity index (χ0v) is 10.3. The molecule has 0 saturated carbocycles. The molecule has 2 nitrogen and oxygen atoms in total. The smallest absolute Gasteiger partial charge is 0.0930 e. The van der Waals surface area contributed by atoms with Crippen molar-refractivity contribution in [2.75, 3.05) is 7.05 Å². The van der Waals surface area contributed by atoms with Gasteiger partial charge in [-0.05, 0) is 25.8 Å². The molecular weight excluding hydrogens is 192 g/mol. The summed E-state index contributed by atoms with van der Waals surface area (Å²) in [6.07, 6.45) is 4.15. The van der Waals surface area contributed by atoms with Crippen molar-refractivity contribution in [3.8, 4) is 0 Å². The molecule has 0 bridgehead atoms. The van der Waals surface area contributed by atoms with E-state index >= 15 is 0 Å². The van der Waals surface area contributed by atoms with Crippen LogP contribution < -0.4 is 5.32 Å². The van der Waals surface area contributed by atoms with Gasteiger partial charge in [-0.25, -0.2) is 4.98 Å². The molecule has 1 aromatic heterocycles. The summed E-state index contributed by atoms with van der Waals surface area (Å²) in [7, 11) is 2.02. The Labute approximate surface area is 90.8 Å². The Hall–Kier alpha value is -0.410. The lowest BCUT2D eigenvalue weighted by atomic mass is 9.83. The Morgan fingerprint density at radius 1 is 1.57 bits per heavy atom. The molecule has 0 radical (unpaired) electrons. The topological polar surface area (TPSA) is 24.9 Å². The number of aromatic nitrogens is 1. The number of nitrogens with one attached hydrogen (secondary N) is 1. The molecule has 0 fully saturated rings. The zero-order chi connectivity index (χ0) is 10.6. The van der Waals surface area contributed by atoms with Crippen molar-refractivity contribution in [2.45, 2.75) is 39.7 Å². The summed E-state index contributed by atoms with van der Waals surface area (Å²) in [5.74, 6) is 0. The van der Waals surface area contributed by atoms with E-state index in [9.17, 15) is 0 Å². The SMILES string of the molecule is CNC(C)CC(C)(C)Cc1nccs1. The van der Waals surface area contributed by atoms with E-state index in [0.717, 1.165) is 6.42 Å². The van der Waals surface area contributed by atoms with Gasteiger partial charge in [-0.15, -0.1) is 11.3 Å². The molecule has 0 aliphatic carbocycles. The first kappa shape index (κ1) is 11.7. The minimum atomic E-state index is 0.334. The number of hydrogen-bond acceptors (Lipinski definition) is 3. The maximum Gasteiger partial charge on any atom is 0.0930 e. The lowest BCUT2D eigenvalue weighted by Crippen LogP contribution is -2.29. The first-order chi connectivity index (χ1) is 6.53. The number of thiazole rings is 1. The van der Waals surface area contributed by atoms with E-state index in [4.69, 9.17) is 0 Å². The second kappa shape index (κ2) is 4.89. The first-order valence-corrected chi connectivity index (χ1v) is 5.97. The van der Waals surface area contributed by atoms with Gasteiger partial charge in [0, 0.05) is 24.0 Å². The minimum Gasteiger partial charge on any atom is -0.317 e. The highest BCUT2D eigenvalue weighted by molar-refractivity contribution is 7.09. The third-order valence-electron chi connectivity index (χ3n) is 2.46. The number of rotatable bonds is 5. The molecule has 1 N–H and O–H groups in total. The Morgan fingerprint density at radius 3 is 2.79 bits per heavy atom. The van der Waals surface area contributed by atoms with Gasteiger partial charge in [0.05, 0.1) is 5.01 Å². The van der Waals surface area contributed by atoms with Crippen LogP contribution in [0.15, 0.2) is 11.6 Å². The summed E-state index contributed by atoms with van der Waals surface area (Å²) in [5, 5.41) is 6.58. The summed E-state index contributed by atoms with van der Waals surface area (Å²) in [6.45, 7) is 6.84. The number of nitrogens with zero attached hydrogens (tertiary/aromatic N) is 1. The molecule has 0 amide bonds. The predicted molar refractivity (Wildman–Crippen MR) is 62.7 cm³/mol. The molecule has 0 aliphatic heterocycles. The van der Waals surface area contributed by atoms with Gasteiger partial charge >= 0.3 is 0 Å². The molecule has 0 saturated heterocycles. The first-order valence-electron chi connectivity index (χ1n) is 5.09. The molecule has 1 unspecified atom stereocenters. The van der Waals surface area contributed by atoms with Crippen LogP contribution in [0.4, 0.5) is 0 Å². The van der Waals surface area contributed by atoms with E-state index in [1.165, 1.54) is 11.4 Å². The number of hydrogen-bond donors (Lipinski definition) is 1. The largest absolute Gasteiger partial charge is 0.317 e. The Bertz CT molecular complexity index is 254. The maximum absolute atomic E-state index is 4.33. The fourth-order valence-electron chi connectivity index (χ4n) is 1.75. The molecular formula is C11H20N2S. The maximum atomic E-state index is 4.33. The van der Waals surface area contributed by atoms with E-state index in [2.05, 4.69) is 31.1 Å². The highest BCUT2D eigenvalue weighted by Gasteiger charge is 2.21. The third-order valence-corrected chi connectivity index (χ3v) is 3.24. The zero-order valence-electron chi connectivity index (χ0n) is 9.50. The Balaban J connectivity index is 2.49. The molecule has 1 aromatic rings. The Kier molecular flexibility index (Phi) is 4.08. The molecule has 80 valence electrons. The van der Waals surface area contributed by atoms with Gasteiger partial charge in [-0.2, -0.15) is 0 Å². The van der Waals surface area contributed by atoms with Crippen LogP contribution in [0.25, 0.3) is 0 Å². The van der Waals surface area contributed by atoms with Crippen molar-refractivity contribution < 1.29 is 0 Å². The van der Waals surface area contributed by atoms with Crippen molar-refractivity contribution >= 4 is 11.3 Å². The van der Waals surface area contributed by atoms with Crippen molar-refractivity contribution in [3.63, 3.8) is 0 Å². The quantitative estimate of drug-likeness (QED) is 0.811. The lowest BCUT2D eigenvalue weighted by molar-refractivity contribution is 0.293. The monoisotopic (exact) mass is 212 g/mol. The molecule has 1 heterocycles. The van der Waals surface area contributed by atoms with Crippen LogP contribution in [0.1, 0.15) is 32.2 Å². The fraction of sp³-hybridized carbons (Fsp3) is 0.727. The van der Waals surface area contributed by atoms with Crippen molar-refractivity contribution in [1.29, 1.82) is 0 Å². The normalized spacial score (nSPS) is 14.3. The van der Waals surface area contributed by atoms with Gasteiger partial charge in [0.1, 0.15) is 0 Å². The fourth-order valence-corrected chi connectivity index (χ4v) is 2.63. The van der Waals surface area contributed by atoms with Crippen LogP contribution >= 0.6 is 11.3 Å². The van der Waals surface area contributed by atoms with Gasteiger partial charge < -0.3 is 5.32 Å². The standard InChI is InChI=1S/C11H20N2S/c1-9(12-4)7-11(2,3)8-10-13-5-6-14-10/h5-6,9,12H,7-8H2,1-4H3. The van der Waals surface area contributed by atoms with Crippen molar-refractivity contribution in [3.05, 3.63) is 16.6 Å². The van der Waals surface area contributed by atoms with E-state index in [-0.39, 0.29) is 0 Å². The van der Waals surface area contributed by atoms with Crippen LogP contribution in [0.2, 0.25) is 0 Å². The molecule has 0 spiro atoms. The summed E-state index contributed by atoms with van der Waals surface area (Å²) in [5.41, 5.74) is 0.334. The van der Waals surface area contributed by atoms with Crippen LogP contribution in [0.3, 0.4) is 0 Å². The summed E-state index contributed by atoms with van der Waals surface area (Å²) in [6, 6.07) is 0.574. The van der Waals surface area contributed by atoms with Gasteiger partial charge in [-0.3, -0.25) is 0 Å². The van der Waals surface area contributed by atoms with E-state index in [1.54, 1.807) is 11.3 Å². The van der Waals surface area contributed by atoms with Gasteiger partial charge in [-0.1, -0.05) is 13.8 Å². The molecule has 3 heteroatoms. The minimum absolute atomic E-state index is 0.334. The second-order valence-electron chi connectivity index (χ2n) is 4.66. The second-order valence-corrected chi connectivity index (χ2v) is 5.64. The van der Waals surface area contributed by atoms with Gasteiger partial charge in [0.2, 0.25) is 0 Å². The van der Waals surface area contributed by atoms with Crippen LogP contribution in [-0.4, -0.2) is 18.1 Å². The van der Waals surface area contributed by atoms with E-state index in [0.29, 0.717) is 11.5 Å². The Morgan fingerprint density at radius 2 is 2.29 bits per heavy atom. The van der Waals surface area contributed by atoms with Crippen molar-refractivity contribution in [1.82, 2.24) is 10.3 Å². The summed E-state index contributed by atoms with van der Waals surface area (Å²) < 4.78 is 0. The van der Waals surface area contributed by atoms with Crippen LogP contribution in [0, 0.1) is 5.41 Å². The molecule has 1 rings (SSSR count). The highest BCUT2D eigenvalue weighted by atomic mass is 32.1. The van der Waals surface area contributed by atoms with E-state index in [1.807, 2.05) is 18.6 Å². The average molecular weight is 212 g/mol. The summed E-state index contributed by atoms with van der Waals surface area (Å²) in [4.78, 5) is 4.33. The van der Waals surface area contributed by atoms with E-state index < -0.39 is 0 Å². The predicted octanol–water partition coefficient (Wildman–Crippen LogP) is 2.71. The lowest BCUT2D eigenvalue weighted by Gasteiger charge is -2.26. The van der Waals surface area contributed by atoms with Crippen molar-refractivity contribution in [2.24, 2.45) is 5.41 Å². The molecule has 0 aromatic carbocycles. The summed E-state index contributed by atoms with van der Waals surface area (Å²) >= 11 is 1.75. The third kappa shape index (κ3) is 3.76. The molecule has 1 atom stereocenters. The molecule has 0 aliphatic rings. The van der Waals surface area contributed by atoms with Crippen LogP contribution in [-0.2, 0) is 6.42 Å².